The van der Waals surface area contributed by atoms with Gasteiger partial charge in [0.2, 0.25) is 0 Å². The first kappa shape index (κ1) is 14.6. The van der Waals surface area contributed by atoms with Crippen molar-refractivity contribution >= 4 is 0 Å². The first-order valence-corrected chi connectivity index (χ1v) is 8.89. The predicted octanol–water partition coefficient (Wildman–Crippen LogP) is 4.91. The third kappa shape index (κ3) is 2.08. The molecule has 0 spiro atoms. The molecule has 1 heteroatoms. The Labute approximate surface area is 125 Å². The molecule has 3 aliphatic rings. The minimum absolute atomic E-state index is 0.408. The summed E-state index contributed by atoms with van der Waals surface area (Å²) in [6.45, 7) is 10.3. The Balaban J connectivity index is 1.85. The van der Waals surface area contributed by atoms with E-state index in [1.807, 2.05) is 0 Å². The molecule has 3 aliphatic carbocycles. The Morgan fingerprint density at radius 1 is 1.05 bits per heavy atom. The predicted molar refractivity (Wildman–Crippen MR) is 86.4 cm³/mol. The number of allylic oxidation sites excluding steroid dienone is 1. The van der Waals surface area contributed by atoms with E-state index in [1.165, 1.54) is 63.4 Å². The van der Waals surface area contributed by atoms with E-state index in [0.717, 1.165) is 24.3 Å². The molecule has 4 atom stereocenters. The van der Waals surface area contributed by atoms with Crippen molar-refractivity contribution in [1.82, 2.24) is 0 Å². The summed E-state index contributed by atoms with van der Waals surface area (Å²) in [5.41, 5.74) is 8.80. The molecule has 114 valence electrons. The fourth-order valence-electron chi connectivity index (χ4n) is 6.12. The van der Waals surface area contributed by atoms with Crippen LogP contribution in [0.15, 0.2) is 12.2 Å². The van der Waals surface area contributed by atoms with Crippen molar-refractivity contribution in [3.63, 3.8) is 0 Å². The van der Waals surface area contributed by atoms with Crippen LogP contribution in [0.5, 0.6) is 0 Å². The number of hydrogen-bond acceptors (Lipinski definition) is 1. The molecule has 2 unspecified atom stereocenters. The molecule has 0 aliphatic heterocycles. The molecule has 3 rings (SSSR count). The van der Waals surface area contributed by atoms with Crippen molar-refractivity contribution in [3.05, 3.63) is 12.2 Å². The van der Waals surface area contributed by atoms with E-state index in [1.54, 1.807) is 0 Å². The Morgan fingerprint density at radius 2 is 1.75 bits per heavy atom. The van der Waals surface area contributed by atoms with Crippen LogP contribution in [0, 0.1) is 28.6 Å². The summed E-state index contributed by atoms with van der Waals surface area (Å²) >= 11 is 0. The summed E-state index contributed by atoms with van der Waals surface area (Å²) in [5, 5.41) is 0. The second-order valence-electron chi connectivity index (χ2n) is 8.43. The standard InChI is InChI=1S/C19H33N/c1-14-7-8-17-15(13-20)16(9-12-19(14,17)3)18(2)10-5-4-6-11-18/h15-17H,1,4-13,20H2,2-3H3/t15-,16?,17?,19-/m1/s1. The highest BCUT2D eigenvalue weighted by Gasteiger charge is 2.53. The first-order chi connectivity index (χ1) is 9.51. The topological polar surface area (TPSA) is 26.0 Å². The molecule has 0 amide bonds. The molecule has 0 heterocycles. The molecular weight excluding hydrogens is 242 g/mol. The maximum atomic E-state index is 6.29. The number of nitrogens with two attached hydrogens (primary N) is 1. The molecule has 20 heavy (non-hydrogen) atoms. The van der Waals surface area contributed by atoms with Gasteiger partial charge in [0.25, 0.3) is 0 Å². The Kier molecular flexibility index (Phi) is 3.77. The van der Waals surface area contributed by atoms with Crippen molar-refractivity contribution < 1.29 is 0 Å². The molecule has 0 aromatic carbocycles. The average Bonchev–Trinajstić information content (AvgIpc) is 2.74. The summed E-state index contributed by atoms with van der Waals surface area (Å²) in [6.07, 6.45) is 12.6. The molecule has 0 radical (unpaired) electrons. The highest BCUT2D eigenvalue weighted by atomic mass is 14.7. The van der Waals surface area contributed by atoms with Crippen molar-refractivity contribution in [2.75, 3.05) is 6.54 Å². The van der Waals surface area contributed by atoms with Crippen molar-refractivity contribution in [3.8, 4) is 0 Å². The summed E-state index contributed by atoms with van der Waals surface area (Å²) < 4.78 is 0. The minimum Gasteiger partial charge on any atom is -0.330 e. The number of hydrogen-bond donors (Lipinski definition) is 1. The van der Waals surface area contributed by atoms with E-state index >= 15 is 0 Å². The lowest BCUT2D eigenvalue weighted by molar-refractivity contribution is -0.0239. The van der Waals surface area contributed by atoms with Crippen LogP contribution < -0.4 is 5.73 Å². The SMILES string of the molecule is C=C1CCC2[C@H](CN)C(C3(C)CCCCC3)CC[C@]12C. The van der Waals surface area contributed by atoms with Gasteiger partial charge >= 0.3 is 0 Å². The van der Waals surface area contributed by atoms with E-state index in [9.17, 15) is 0 Å². The van der Waals surface area contributed by atoms with E-state index in [-0.39, 0.29) is 0 Å². The smallest absolute Gasteiger partial charge is 0.00430 e. The first-order valence-electron chi connectivity index (χ1n) is 8.89. The molecule has 0 bridgehead atoms. The van der Waals surface area contributed by atoms with Gasteiger partial charge in [0.05, 0.1) is 0 Å². The maximum Gasteiger partial charge on any atom is -0.00430 e. The molecule has 3 saturated carbocycles. The molecular formula is C19H33N. The molecule has 0 saturated heterocycles. The molecule has 2 N–H and O–H groups in total. The van der Waals surface area contributed by atoms with Gasteiger partial charge in [-0.3, -0.25) is 0 Å². The molecule has 3 fully saturated rings. The van der Waals surface area contributed by atoms with E-state index in [0.29, 0.717) is 10.8 Å². The zero-order chi connectivity index (χ0) is 14.4. The minimum atomic E-state index is 0.408. The maximum absolute atomic E-state index is 6.29. The van der Waals surface area contributed by atoms with Gasteiger partial charge in [-0.05, 0) is 73.7 Å². The van der Waals surface area contributed by atoms with Gasteiger partial charge in [-0.1, -0.05) is 45.3 Å². The summed E-state index contributed by atoms with van der Waals surface area (Å²) in [5.74, 6) is 2.44. The van der Waals surface area contributed by atoms with Gasteiger partial charge in [-0.25, -0.2) is 0 Å². The lowest BCUT2D eigenvalue weighted by atomic mass is 9.52. The normalized spacial score (nSPS) is 44.4. The lowest BCUT2D eigenvalue weighted by Gasteiger charge is -2.53. The van der Waals surface area contributed by atoms with Gasteiger partial charge in [0, 0.05) is 0 Å². The third-order valence-corrected chi connectivity index (χ3v) is 7.55. The largest absolute Gasteiger partial charge is 0.330 e. The third-order valence-electron chi connectivity index (χ3n) is 7.55. The fraction of sp³-hybridized carbons (Fsp3) is 0.895. The number of rotatable bonds is 2. The summed E-state index contributed by atoms with van der Waals surface area (Å²) in [4.78, 5) is 0. The van der Waals surface area contributed by atoms with Crippen LogP contribution in [0.25, 0.3) is 0 Å². The fourth-order valence-corrected chi connectivity index (χ4v) is 6.12. The van der Waals surface area contributed by atoms with Crippen LogP contribution in [0.2, 0.25) is 0 Å². The lowest BCUT2D eigenvalue weighted by Crippen LogP contribution is -2.48. The van der Waals surface area contributed by atoms with Crippen LogP contribution >= 0.6 is 0 Å². The zero-order valence-electron chi connectivity index (χ0n) is 13.6. The van der Waals surface area contributed by atoms with Crippen molar-refractivity contribution in [2.24, 2.45) is 34.3 Å². The monoisotopic (exact) mass is 275 g/mol. The van der Waals surface area contributed by atoms with Crippen molar-refractivity contribution in [1.29, 1.82) is 0 Å². The highest BCUT2D eigenvalue weighted by molar-refractivity contribution is 5.20. The van der Waals surface area contributed by atoms with Gasteiger partial charge in [-0.15, -0.1) is 0 Å². The van der Waals surface area contributed by atoms with Gasteiger partial charge < -0.3 is 5.73 Å². The van der Waals surface area contributed by atoms with E-state index in [2.05, 4.69) is 20.4 Å². The van der Waals surface area contributed by atoms with Gasteiger partial charge in [0.1, 0.15) is 0 Å². The van der Waals surface area contributed by atoms with Crippen LogP contribution in [0.4, 0.5) is 0 Å². The molecule has 0 aromatic rings. The zero-order valence-corrected chi connectivity index (χ0v) is 13.6. The number of fused-ring (bicyclic) bond motifs is 1. The Morgan fingerprint density at radius 3 is 2.40 bits per heavy atom. The van der Waals surface area contributed by atoms with Gasteiger partial charge in [0.15, 0.2) is 0 Å². The van der Waals surface area contributed by atoms with Crippen LogP contribution in [-0.4, -0.2) is 6.54 Å². The quantitative estimate of drug-likeness (QED) is 0.712. The van der Waals surface area contributed by atoms with Gasteiger partial charge in [-0.2, -0.15) is 0 Å². The van der Waals surface area contributed by atoms with Crippen LogP contribution in [0.3, 0.4) is 0 Å². The molecule has 0 aromatic heterocycles. The van der Waals surface area contributed by atoms with E-state index < -0.39 is 0 Å². The summed E-state index contributed by atoms with van der Waals surface area (Å²) in [7, 11) is 0. The second kappa shape index (κ2) is 5.16. The Bertz CT molecular complexity index is 379. The van der Waals surface area contributed by atoms with Crippen LogP contribution in [0.1, 0.15) is 71.6 Å². The van der Waals surface area contributed by atoms with E-state index in [4.69, 9.17) is 5.73 Å². The average molecular weight is 275 g/mol. The highest BCUT2D eigenvalue weighted by Crippen LogP contribution is 2.62. The second-order valence-corrected chi connectivity index (χ2v) is 8.43. The Hall–Kier alpha value is -0.300. The van der Waals surface area contributed by atoms with Crippen molar-refractivity contribution in [2.45, 2.75) is 71.6 Å². The van der Waals surface area contributed by atoms with Crippen LogP contribution in [-0.2, 0) is 0 Å². The molecule has 1 nitrogen and oxygen atoms in total. The summed E-state index contributed by atoms with van der Waals surface area (Å²) in [6, 6.07) is 0.